The van der Waals surface area contributed by atoms with E-state index >= 15 is 0 Å². The molecule has 0 amide bonds. The first-order chi connectivity index (χ1) is 7.20. The van der Waals surface area contributed by atoms with Crippen molar-refractivity contribution >= 4 is 5.69 Å². The number of hydrogen-bond donors (Lipinski definition) is 1. The molecule has 0 saturated carbocycles. The number of nitrogens with two attached hydrogens (primary N) is 1. The zero-order chi connectivity index (χ0) is 10.8. The van der Waals surface area contributed by atoms with Gasteiger partial charge in [0.2, 0.25) is 0 Å². The van der Waals surface area contributed by atoms with E-state index in [1.54, 1.807) is 19.1 Å². The van der Waals surface area contributed by atoms with Gasteiger partial charge >= 0.3 is 0 Å². The molecule has 0 aliphatic rings. The Labute approximate surface area is 88.4 Å². The van der Waals surface area contributed by atoms with Crippen molar-refractivity contribution in [1.82, 2.24) is 0 Å². The van der Waals surface area contributed by atoms with Crippen LogP contribution >= 0.6 is 0 Å². The van der Waals surface area contributed by atoms with Crippen LogP contribution in [0.2, 0.25) is 0 Å². The molecule has 0 unspecified atom stereocenters. The van der Waals surface area contributed by atoms with E-state index in [1.807, 2.05) is 30.3 Å². The van der Waals surface area contributed by atoms with E-state index in [4.69, 9.17) is 5.73 Å². The fourth-order valence-corrected chi connectivity index (χ4v) is 1.54. The van der Waals surface area contributed by atoms with Crippen LogP contribution in [0.4, 0.5) is 10.1 Å². The van der Waals surface area contributed by atoms with E-state index in [2.05, 4.69) is 0 Å². The Kier molecular flexibility index (Phi) is 2.42. The van der Waals surface area contributed by atoms with E-state index in [9.17, 15) is 4.39 Å². The third kappa shape index (κ3) is 1.71. The Bertz CT molecular complexity index is 477. The minimum Gasteiger partial charge on any atom is -0.398 e. The normalized spacial score (nSPS) is 10.3. The Morgan fingerprint density at radius 3 is 2.33 bits per heavy atom. The van der Waals surface area contributed by atoms with Crippen LogP contribution in [0, 0.1) is 12.7 Å². The lowest BCUT2D eigenvalue weighted by atomic mass is 10.0. The lowest BCUT2D eigenvalue weighted by Gasteiger charge is -2.07. The first-order valence-electron chi connectivity index (χ1n) is 4.80. The van der Waals surface area contributed by atoms with Crippen LogP contribution in [0.1, 0.15) is 5.56 Å². The molecule has 0 fully saturated rings. The molecular weight excluding hydrogens is 189 g/mol. The van der Waals surface area contributed by atoms with Crippen molar-refractivity contribution in [2.24, 2.45) is 0 Å². The fourth-order valence-electron chi connectivity index (χ4n) is 1.54. The van der Waals surface area contributed by atoms with Crippen LogP contribution in [-0.2, 0) is 0 Å². The molecule has 15 heavy (non-hydrogen) atoms. The summed E-state index contributed by atoms with van der Waals surface area (Å²) in [6.07, 6.45) is 0. The lowest BCUT2D eigenvalue weighted by molar-refractivity contribution is 0.623. The predicted octanol–water partition coefficient (Wildman–Crippen LogP) is 3.38. The number of rotatable bonds is 1. The first kappa shape index (κ1) is 9.71. The number of anilines is 1. The van der Waals surface area contributed by atoms with Gasteiger partial charge in [-0.3, -0.25) is 0 Å². The maximum absolute atomic E-state index is 13.9. The molecule has 1 nitrogen and oxygen atoms in total. The van der Waals surface area contributed by atoms with Gasteiger partial charge in [0, 0.05) is 16.8 Å². The van der Waals surface area contributed by atoms with Crippen molar-refractivity contribution in [3.05, 3.63) is 53.8 Å². The SMILES string of the molecule is Cc1c(N)ccc(-c2ccccc2)c1F. The molecular formula is C13H12FN. The van der Waals surface area contributed by atoms with Crippen LogP contribution in [0.5, 0.6) is 0 Å². The van der Waals surface area contributed by atoms with Crippen molar-refractivity contribution in [3.8, 4) is 11.1 Å². The maximum atomic E-state index is 13.9. The highest BCUT2D eigenvalue weighted by molar-refractivity contribution is 5.68. The Morgan fingerprint density at radius 1 is 1.00 bits per heavy atom. The van der Waals surface area contributed by atoms with Gasteiger partial charge in [0.1, 0.15) is 5.82 Å². The van der Waals surface area contributed by atoms with Crippen LogP contribution in [0.15, 0.2) is 42.5 Å². The molecule has 2 rings (SSSR count). The van der Waals surface area contributed by atoms with Crippen LogP contribution in [0.3, 0.4) is 0 Å². The zero-order valence-electron chi connectivity index (χ0n) is 8.50. The molecule has 0 radical (unpaired) electrons. The summed E-state index contributed by atoms with van der Waals surface area (Å²) < 4.78 is 13.9. The molecule has 0 aromatic heterocycles. The van der Waals surface area contributed by atoms with Crippen molar-refractivity contribution in [1.29, 1.82) is 0 Å². The third-order valence-electron chi connectivity index (χ3n) is 2.51. The molecule has 0 bridgehead atoms. The molecule has 0 spiro atoms. The molecule has 2 aromatic rings. The topological polar surface area (TPSA) is 26.0 Å². The van der Waals surface area contributed by atoms with Crippen molar-refractivity contribution in [2.45, 2.75) is 6.92 Å². The molecule has 0 heterocycles. The van der Waals surface area contributed by atoms with Crippen molar-refractivity contribution in [2.75, 3.05) is 5.73 Å². The fraction of sp³-hybridized carbons (Fsp3) is 0.0769. The van der Waals surface area contributed by atoms with Gasteiger partial charge in [0.25, 0.3) is 0 Å². The number of hydrogen-bond acceptors (Lipinski definition) is 1. The van der Waals surface area contributed by atoms with E-state index in [-0.39, 0.29) is 5.82 Å². The predicted molar refractivity (Wildman–Crippen MR) is 61.0 cm³/mol. The van der Waals surface area contributed by atoms with Gasteiger partial charge in [-0.1, -0.05) is 30.3 Å². The van der Waals surface area contributed by atoms with Gasteiger partial charge in [-0.15, -0.1) is 0 Å². The summed E-state index contributed by atoms with van der Waals surface area (Å²) in [5, 5.41) is 0. The van der Waals surface area contributed by atoms with Crippen LogP contribution < -0.4 is 5.73 Å². The van der Waals surface area contributed by atoms with Gasteiger partial charge < -0.3 is 5.73 Å². The molecule has 2 aromatic carbocycles. The van der Waals surface area contributed by atoms with E-state index in [0.717, 1.165) is 5.56 Å². The zero-order valence-corrected chi connectivity index (χ0v) is 8.50. The largest absolute Gasteiger partial charge is 0.398 e. The minimum atomic E-state index is -0.235. The van der Waals surface area contributed by atoms with E-state index in [1.165, 1.54) is 0 Å². The summed E-state index contributed by atoms with van der Waals surface area (Å²) in [5.41, 5.74) is 8.10. The third-order valence-corrected chi connectivity index (χ3v) is 2.51. The Hall–Kier alpha value is -1.83. The summed E-state index contributed by atoms with van der Waals surface area (Å²) in [5.74, 6) is -0.235. The van der Waals surface area contributed by atoms with E-state index in [0.29, 0.717) is 16.8 Å². The summed E-state index contributed by atoms with van der Waals surface area (Å²) in [6, 6.07) is 12.9. The van der Waals surface area contributed by atoms with Gasteiger partial charge in [0.05, 0.1) is 0 Å². The van der Waals surface area contributed by atoms with Gasteiger partial charge in [-0.05, 0) is 24.6 Å². The average Bonchev–Trinajstić information content (AvgIpc) is 2.27. The molecule has 2 heteroatoms. The quantitative estimate of drug-likeness (QED) is 0.703. The van der Waals surface area contributed by atoms with Crippen LogP contribution in [0.25, 0.3) is 11.1 Å². The number of nitrogen functional groups attached to an aromatic ring is 1. The summed E-state index contributed by atoms with van der Waals surface area (Å²) in [4.78, 5) is 0. The second kappa shape index (κ2) is 3.73. The Morgan fingerprint density at radius 2 is 1.67 bits per heavy atom. The molecule has 0 aliphatic carbocycles. The summed E-state index contributed by atoms with van der Waals surface area (Å²) in [7, 11) is 0. The Balaban J connectivity index is 2.60. The van der Waals surface area contributed by atoms with Gasteiger partial charge in [0.15, 0.2) is 0 Å². The first-order valence-corrected chi connectivity index (χ1v) is 4.80. The van der Waals surface area contributed by atoms with Crippen molar-refractivity contribution in [3.63, 3.8) is 0 Å². The van der Waals surface area contributed by atoms with Gasteiger partial charge in [-0.25, -0.2) is 4.39 Å². The monoisotopic (exact) mass is 201 g/mol. The lowest BCUT2D eigenvalue weighted by Crippen LogP contribution is -1.95. The molecule has 0 saturated heterocycles. The van der Waals surface area contributed by atoms with Crippen molar-refractivity contribution < 1.29 is 4.39 Å². The number of halogens is 1. The van der Waals surface area contributed by atoms with Gasteiger partial charge in [-0.2, -0.15) is 0 Å². The smallest absolute Gasteiger partial charge is 0.135 e. The minimum absolute atomic E-state index is 0.235. The highest BCUT2D eigenvalue weighted by Crippen LogP contribution is 2.27. The maximum Gasteiger partial charge on any atom is 0.135 e. The average molecular weight is 201 g/mol. The molecule has 2 N–H and O–H groups in total. The summed E-state index contributed by atoms with van der Waals surface area (Å²) in [6.45, 7) is 1.69. The van der Waals surface area contributed by atoms with E-state index < -0.39 is 0 Å². The standard InChI is InChI=1S/C13H12FN/c1-9-12(15)8-7-11(13(9)14)10-5-3-2-4-6-10/h2-8H,15H2,1H3. The number of benzene rings is 2. The second-order valence-corrected chi connectivity index (χ2v) is 3.51. The highest BCUT2D eigenvalue weighted by Gasteiger charge is 2.08. The summed E-state index contributed by atoms with van der Waals surface area (Å²) >= 11 is 0. The highest BCUT2D eigenvalue weighted by atomic mass is 19.1. The second-order valence-electron chi connectivity index (χ2n) is 3.51. The molecule has 0 aliphatic heterocycles. The molecule has 0 atom stereocenters. The molecule has 76 valence electrons. The van der Waals surface area contributed by atoms with Crippen LogP contribution in [-0.4, -0.2) is 0 Å².